The van der Waals surface area contributed by atoms with Crippen molar-refractivity contribution in [1.82, 2.24) is 30.1 Å². The Kier molecular flexibility index (Phi) is 4.39. The molecule has 0 aliphatic carbocycles. The largest absolute Gasteiger partial charge is 0.295 e. The van der Waals surface area contributed by atoms with E-state index in [0.717, 1.165) is 36.7 Å². The van der Waals surface area contributed by atoms with Crippen LogP contribution in [-0.2, 0) is 6.54 Å². The maximum atomic E-state index is 4.88. The van der Waals surface area contributed by atoms with Crippen LogP contribution in [0.3, 0.4) is 0 Å². The van der Waals surface area contributed by atoms with Gasteiger partial charge in [-0.05, 0) is 54.1 Å². The topological polar surface area (TPSA) is 59.7 Å². The number of tetrazole rings is 1. The van der Waals surface area contributed by atoms with Crippen LogP contribution in [0.1, 0.15) is 29.6 Å². The lowest BCUT2D eigenvalue weighted by Gasteiger charge is -2.31. The van der Waals surface area contributed by atoms with Crippen LogP contribution in [0.4, 0.5) is 0 Å². The molecule has 0 radical (unpaired) electrons. The minimum Gasteiger partial charge on any atom is -0.295 e. The number of rotatable bonds is 4. The molecule has 1 aliphatic heterocycles. The van der Waals surface area contributed by atoms with Gasteiger partial charge in [-0.2, -0.15) is 4.68 Å². The zero-order valence-corrected chi connectivity index (χ0v) is 15.7. The zero-order valence-electron chi connectivity index (χ0n) is 14.9. The van der Waals surface area contributed by atoms with Gasteiger partial charge in [0.15, 0.2) is 5.82 Å². The minimum absolute atomic E-state index is 0.484. The molecule has 7 heteroatoms. The third-order valence-corrected chi connectivity index (χ3v) is 6.26. The Bertz CT molecular complexity index is 1010. The number of fused-ring (bicyclic) bond motifs is 1. The molecule has 0 bridgehead atoms. The van der Waals surface area contributed by atoms with Crippen LogP contribution in [0.5, 0.6) is 0 Å². The van der Waals surface area contributed by atoms with Gasteiger partial charge in [-0.25, -0.2) is 4.98 Å². The molecule has 1 fully saturated rings. The van der Waals surface area contributed by atoms with Crippen molar-refractivity contribution in [2.45, 2.75) is 25.3 Å². The first kappa shape index (κ1) is 16.5. The van der Waals surface area contributed by atoms with Gasteiger partial charge in [0, 0.05) is 12.5 Å². The number of piperidine rings is 1. The average Bonchev–Trinajstić information content (AvgIpc) is 3.36. The Balaban J connectivity index is 1.34. The van der Waals surface area contributed by atoms with Crippen molar-refractivity contribution in [3.63, 3.8) is 0 Å². The molecule has 4 aromatic rings. The van der Waals surface area contributed by atoms with Crippen LogP contribution >= 0.6 is 11.3 Å². The third-order valence-electron chi connectivity index (χ3n) is 5.07. The van der Waals surface area contributed by atoms with Gasteiger partial charge in [0.25, 0.3) is 0 Å². The fourth-order valence-electron chi connectivity index (χ4n) is 3.74. The van der Waals surface area contributed by atoms with Crippen molar-refractivity contribution in [2.75, 3.05) is 13.1 Å². The van der Waals surface area contributed by atoms with Gasteiger partial charge in [-0.3, -0.25) is 4.90 Å². The molecule has 136 valence electrons. The van der Waals surface area contributed by atoms with E-state index in [0.29, 0.717) is 5.92 Å². The number of thiazole rings is 1. The van der Waals surface area contributed by atoms with Crippen molar-refractivity contribution in [3.8, 4) is 5.69 Å². The summed E-state index contributed by atoms with van der Waals surface area (Å²) in [7, 11) is 0. The molecular formula is C20H20N6S. The van der Waals surface area contributed by atoms with Crippen molar-refractivity contribution in [3.05, 3.63) is 65.4 Å². The Morgan fingerprint density at radius 1 is 1.04 bits per heavy atom. The monoisotopic (exact) mass is 376 g/mol. The molecule has 2 aromatic heterocycles. The predicted molar refractivity (Wildman–Crippen MR) is 106 cm³/mol. The molecule has 3 heterocycles. The first-order chi connectivity index (χ1) is 13.4. The molecule has 5 rings (SSSR count). The van der Waals surface area contributed by atoms with Crippen molar-refractivity contribution in [1.29, 1.82) is 0 Å². The minimum atomic E-state index is 0.484. The lowest BCUT2D eigenvalue weighted by Crippen LogP contribution is -2.34. The van der Waals surface area contributed by atoms with Crippen molar-refractivity contribution < 1.29 is 0 Å². The second kappa shape index (κ2) is 7.17. The molecule has 1 atom stereocenters. The Morgan fingerprint density at radius 3 is 2.78 bits per heavy atom. The van der Waals surface area contributed by atoms with Crippen molar-refractivity contribution >= 4 is 21.6 Å². The summed E-state index contributed by atoms with van der Waals surface area (Å²) < 4.78 is 3.11. The van der Waals surface area contributed by atoms with Crippen LogP contribution in [0, 0.1) is 0 Å². The molecule has 6 nitrogen and oxygen atoms in total. The Hall–Kier alpha value is -2.64. The Labute approximate surface area is 161 Å². The van der Waals surface area contributed by atoms with Gasteiger partial charge in [-0.15, -0.1) is 16.4 Å². The quantitative estimate of drug-likeness (QED) is 0.544. The standard InChI is InChI=1S/C20H20N6S/c1-2-8-16(9-3-1)26-19(22-23-24-26)14-25-12-6-7-15(13-25)20-21-17-10-4-5-11-18(17)27-20/h1-5,8-11,15H,6-7,12-14H2. The molecular weight excluding hydrogens is 356 g/mol. The van der Waals surface area contributed by atoms with Gasteiger partial charge in [0.05, 0.1) is 27.5 Å². The first-order valence-corrected chi connectivity index (χ1v) is 10.1. The summed E-state index contributed by atoms with van der Waals surface area (Å²) in [5.41, 5.74) is 2.11. The molecule has 1 aliphatic rings. The van der Waals surface area contributed by atoms with Crippen LogP contribution in [-0.4, -0.2) is 43.2 Å². The summed E-state index contributed by atoms with van der Waals surface area (Å²) >= 11 is 1.83. The van der Waals surface area contributed by atoms with Crippen LogP contribution in [0.15, 0.2) is 54.6 Å². The van der Waals surface area contributed by atoms with E-state index in [1.165, 1.54) is 22.5 Å². The third kappa shape index (κ3) is 3.36. The van der Waals surface area contributed by atoms with Gasteiger partial charge >= 0.3 is 0 Å². The smallest absolute Gasteiger partial charge is 0.170 e. The number of para-hydroxylation sites is 2. The highest BCUT2D eigenvalue weighted by Crippen LogP contribution is 2.33. The fourth-order valence-corrected chi connectivity index (χ4v) is 4.83. The Morgan fingerprint density at radius 2 is 1.89 bits per heavy atom. The zero-order chi connectivity index (χ0) is 18.1. The number of likely N-dealkylation sites (tertiary alicyclic amines) is 1. The number of aromatic nitrogens is 5. The van der Waals surface area contributed by atoms with E-state index in [4.69, 9.17) is 4.98 Å². The predicted octanol–water partition coefficient (Wildman–Crippen LogP) is 3.65. The number of nitrogens with zero attached hydrogens (tertiary/aromatic N) is 6. The maximum absolute atomic E-state index is 4.88. The summed E-state index contributed by atoms with van der Waals surface area (Å²) in [6.07, 6.45) is 2.37. The van der Waals surface area contributed by atoms with Crippen LogP contribution in [0.2, 0.25) is 0 Å². The van der Waals surface area contributed by atoms with Gasteiger partial charge in [0.2, 0.25) is 0 Å². The number of benzene rings is 2. The van der Waals surface area contributed by atoms with E-state index >= 15 is 0 Å². The van der Waals surface area contributed by atoms with E-state index < -0.39 is 0 Å². The highest BCUT2D eigenvalue weighted by Gasteiger charge is 2.25. The molecule has 0 saturated carbocycles. The molecule has 1 saturated heterocycles. The second-order valence-corrected chi connectivity index (χ2v) is 8.00. The normalized spacial score (nSPS) is 18.1. The van der Waals surface area contributed by atoms with Gasteiger partial charge < -0.3 is 0 Å². The van der Waals surface area contributed by atoms with E-state index in [1.807, 2.05) is 46.4 Å². The number of hydrogen-bond donors (Lipinski definition) is 0. The lowest BCUT2D eigenvalue weighted by molar-refractivity contribution is 0.194. The molecule has 0 N–H and O–H groups in total. The van der Waals surface area contributed by atoms with Crippen LogP contribution in [0.25, 0.3) is 15.9 Å². The van der Waals surface area contributed by atoms with E-state index in [-0.39, 0.29) is 0 Å². The van der Waals surface area contributed by atoms with E-state index in [9.17, 15) is 0 Å². The fraction of sp³-hybridized carbons (Fsp3) is 0.300. The van der Waals surface area contributed by atoms with Gasteiger partial charge in [0.1, 0.15) is 0 Å². The molecule has 0 amide bonds. The van der Waals surface area contributed by atoms with Crippen molar-refractivity contribution in [2.24, 2.45) is 0 Å². The summed E-state index contributed by atoms with van der Waals surface area (Å²) in [6.45, 7) is 2.83. The van der Waals surface area contributed by atoms with Crippen LogP contribution < -0.4 is 0 Å². The molecule has 1 unspecified atom stereocenters. The van der Waals surface area contributed by atoms with E-state index in [1.54, 1.807) is 0 Å². The lowest BCUT2D eigenvalue weighted by atomic mass is 9.99. The SMILES string of the molecule is c1ccc(-n2nnnc2CN2CCCC(c3nc4ccccc4s3)C2)cc1. The van der Waals surface area contributed by atoms with E-state index in [2.05, 4.69) is 44.7 Å². The highest BCUT2D eigenvalue weighted by molar-refractivity contribution is 7.18. The highest BCUT2D eigenvalue weighted by atomic mass is 32.1. The van der Waals surface area contributed by atoms with Gasteiger partial charge in [-0.1, -0.05) is 30.3 Å². The second-order valence-electron chi connectivity index (χ2n) is 6.94. The summed E-state index contributed by atoms with van der Waals surface area (Å²) in [6, 6.07) is 18.5. The average molecular weight is 376 g/mol. The molecule has 2 aromatic carbocycles. The molecule has 27 heavy (non-hydrogen) atoms. The molecule has 0 spiro atoms. The number of hydrogen-bond acceptors (Lipinski definition) is 6. The summed E-state index contributed by atoms with van der Waals surface area (Å²) in [5.74, 6) is 1.36. The summed E-state index contributed by atoms with van der Waals surface area (Å²) in [4.78, 5) is 7.33. The maximum Gasteiger partial charge on any atom is 0.170 e. The first-order valence-electron chi connectivity index (χ1n) is 9.27. The summed E-state index contributed by atoms with van der Waals surface area (Å²) in [5, 5.41) is 13.6.